The van der Waals surface area contributed by atoms with Crippen molar-refractivity contribution in [1.82, 2.24) is 4.31 Å². The molecule has 1 unspecified atom stereocenters. The maximum atomic E-state index is 13.0. The van der Waals surface area contributed by atoms with E-state index < -0.39 is 10.0 Å². The summed E-state index contributed by atoms with van der Waals surface area (Å²) in [5.41, 5.74) is 0.955. The third-order valence-electron chi connectivity index (χ3n) is 4.20. The zero-order valence-corrected chi connectivity index (χ0v) is 15.4. The van der Waals surface area contributed by atoms with Crippen LogP contribution in [-0.4, -0.2) is 26.4 Å². The molecule has 1 aliphatic heterocycles. The summed E-state index contributed by atoms with van der Waals surface area (Å²) in [6, 6.07) is 11.7. The number of benzene rings is 2. The second-order valence-corrected chi connectivity index (χ2v) is 8.33. The molecule has 4 nitrogen and oxygen atoms in total. The number of hydrogen-bond donors (Lipinski definition) is 0. The highest BCUT2D eigenvalue weighted by molar-refractivity contribution is 7.89. The molecule has 0 bridgehead atoms. The lowest BCUT2D eigenvalue weighted by Crippen LogP contribution is -2.30. The Labute approximate surface area is 152 Å². The molecule has 1 aliphatic rings. The fraction of sp³-hybridized carbons (Fsp3) is 0.294. The normalized spacial score (nSPS) is 18.7. The molecule has 7 heteroatoms. The van der Waals surface area contributed by atoms with Gasteiger partial charge in [-0.05, 0) is 48.7 Å². The number of rotatable bonds is 4. The van der Waals surface area contributed by atoms with Crippen LogP contribution in [0.5, 0.6) is 5.75 Å². The highest BCUT2D eigenvalue weighted by atomic mass is 35.5. The number of halogens is 2. The summed E-state index contributed by atoms with van der Waals surface area (Å²) >= 11 is 11.9. The number of ether oxygens (including phenoxy) is 1. The van der Waals surface area contributed by atoms with Crippen molar-refractivity contribution in [3.63, 3.8) is 0 Å². The molecule has 0 amide bonds. The van der Waals surface area contributed by atoms with Crippen LogP contribution in [0.4, 0.5) is 0 Å². The molecule has 128 valence electrons. The zero-order chi connectivity index (χ0) is 17.3. The molecular formula is C17H17Cl2NO3S. The Morgan fingerprint density at radius 2 is 1.79 bits per heavy atom. The van der Waals surface area contributed by atoms with Gasteiger partial charge in [-0.3, -0.25) is 0 Å². The second kappa shape index (κ2) is 6.92. The van der Waals surface area contributed by atoms with Gasteiger partial charge < -0.3 is 4.74 Å². The first-order valence-electron chi connectivity index (χ1n) is 7.54. The Kier molecular flexibility index (Phi) is 5.06. The average Bonchev–Trinajstić information content (AvgIpc) is 3.08. The van der Waals surface area contributed by atoms with E-state index in [9.17, 15) is 8.42 Å². The first-order chi connectivity index (χ1) is 11.4. The predicted molar refractivity (Wildman–Crippen MR) is 95.3 cm³/mol. The largest absolute Gasteiger partial charge is 0.497 e. The molecule has 0 spiro atoms. The van der Waals surface area contributed by atoms with E-state index in [0.717, 1.165) is 24.2 Å². The van der Waals surface area contributed by atoms with Crippen molar-refractivity contribution in [2.24, 2.45) is 0 Å². The van der Waals surface area contributed by atoms with Crippen LogP contribution >= 0.6 is 23.2 Å². The van der Waals surface area contributed by atoms with E-state index in [1.54, 1.807) is 7.11 Å². The monoisotopic (exact) mass is 385 g/mol. The Hall–Kier alpha value is -1.27. The first kappa shape index (κ1) is 17.5. The van der Waals surface area contributed by atoms with Crippen molar-refractivity contribution in [2.45, 2.75) is 23.8 Å². The molecular weight excluding hydrogens is 369 g/mol. The lowest BCUT2D eigenvalue weighted by atomic mass is 10.1. The van der Waals surface area contributed by atoms with Crippen molar-refractivity contribution < 1.29 is 13.2 Å². The molecule has 2 aromatic carbocycles. The number of methoxy groups -OCH3 is 1. The Morgan fingerprint density at radius 3 is 2.42 bits per heavy atom. The molecule has 24 heavy (non-hydrogen) atoms. The Morgan fingerprint density at radius 1 is 1.08 bits per heavy atom. The van der Waals surface area contributed by atoms with Crippen molar-refractivity contribution in [3.05, 3.63) is 58.1 Å². The molecule has 0 aromatic heterocycles. The van der Waals surface area contributed by atoms with Gasteiger partial charge in [0.05, 0.1) is 28.1 Å². The Balaban J connectivity index is 1.94. The molecule has 0 aliphatic carbocycles. The van der Waals surface area contributed by atoms with E-state index in [-0.39, 0.29) is 16.0 Å². The molecule has 1 fully saturated rings. The predicted octanol–water partition coefficient (Wildman–Crippen LogP) is 4.53. The fourth-order valence-electron chi connectivity index (χ4n) is 2.96. The van der Waals surface area contributed by atoms with Gasteiger partial charge in [0.25, 0.3) is 0 Å². The molecule has 1 heterocycles. The van der Waals surface area contributed by atoms with E-state index in [0.29, 0.717) is 11.6 Å². The zero-order valence-electron chi connectivity index (χ0n) is 13.1. The van der Waals surface area contributed by atoms with E-state index in [1.165, 1.54) is 22.5 Å². The lowest BCUT2D eigenvalue weighted by Gasteiger charge is -2.24. The van der Waals surface area contributed by atoms with E-state index >= 15 is 0 Å². The fourth-order valence-corrected chi connectivity index (χ4v) is 5.03. The molecule has 1 atom stereocenters. The summed E-state index contributed by atoms with van der Waals surface area (Å²) in [4.78, 5) is 0.164. The molecule has 0 radical (unpaired) electrons. The highest BCUT2D eigenvalue weighted by Gasteiger charge is 2.36. The molecule has 0 N–H and O–H groups in total. The third-order valence-corrected chi connectivity index (χ3v) is 6.85. The van der Waals surface area contributed by atoms with Crippen LogP contribution in [0.1, 0.15) is 24.4 Å². The van der Waals surface area contributed by atoms with Crippen molar-refractivity contribution in [3.8, 4) is 5.75 Å². The summed E-state index contributed by atoms with van der Waals surface area (Å²) < 4.78 is 32.7. The van der Waals surface area contributed by atoms with Crippen LogP contribution in [0.25, 0.3) is 0 Å². The first-order valence-corrected chi connectivity index (χ1v) is 9.74. The summed E-state index contributed by atoms with van der Waals surface area (Å²) in [5, 5.41) is 0.571. The van der Waals surface area contributed by atoms with E-state index in [2.05, 4.69) is 0 Å². The topological polar surface area (TPSA) is 46.6 Å². The van der Waals surface area contributed by atoms with Crippen molar-refractivity contribution >= 4 is 33.2 Å². The van der Waals surface area contributed by atoms with Gasteiger partial charge in [-0.2, -0.15) is 4.31 Å². The van der Waals surface area contributed by atoms with Gasteiger partial charge in [0.15, 0.2) is 0 Å². The van der Waals surface area contributed by atoms with Crippen LogP contribution in [0.15, 0.2) is 47.4 Å². The number of sulfonamides is 1. The summed E-state index contributed by atoms with van der Waals surface area (Å²) in [6.45, 7) is 0.485. The minimum atomic E-state index is -3.63. The van der Waals surface area contributed by atoms with Crippen LogP contribution in [0.2, 0.25) is 10.0 Å². The number of nitrogens with zero attached hydrogens (tertiary/aromatic N) is 1. The van der Waals surface area contributed by atoms with Gasteiger partial charge in [0.2, 0.25) is 10.0 Å². The van der Waals surface area contributed by atoms with Crippen molar-refractivity contribution in [2.75, 3.05) is 13.7 Å². The maximum absolute atomic E-state index is 13.0. The average molecular weight is 386 g/mol. The SMILES string of the molecule is COc1ccc(C2CCCN2S(=O)(=O)c2ccc(Cl)c(Cl)c2)cc1. The van der Waals surface area contributed by atoms with Gasteiger partial charge in [0, 0.05) is 6.54 Å². The van der Waals surface area contributed by atoms with Crippen molar-refractivity contribution in [1.29, 1.82) is 0 Å². The molecule has 3 rings (SSSR count). The Bertz CT molecular complexity index is 837. The summed E-state index contributed by atoms with van der Waals surface area (Å²) in [6.07, 6.45) is 1.60. The standard InChI is InChI=1S/C17H17Cl2NO3S/c1-23-13-6-4-12(5-7-13)17-3-2-10-20(17)24(21,22)14-8-9-15(18)16(19)11-14/h4-9,11,17H,2-3,10H2,1H3. The quantitative estimate of drug-likeness (QED) is 0.776. The van der Waals surface area contributed by atoms with Gasteiger partial charge >= 0.3 is 0 Å². The van der Waals surface area contributed by atoms with E-state index in [4.69, 9.17) is 27.9 Å². The van der Waals surface area contributed by atoms with Crippen LogP contribution < -0.4 is 4.74 Å². The maximum Gasteiger partial charge on any atom is 0.243 e. The number of hydrogen-bond acceptors (Lipinski definition) is 3. The van der Waals surface area contributed by atoms with Gasteiger partial charge in [0.1, 0.15) is 5.75 Å². The molecule has 2 aromatic rings. The van der Waals surface area contributed by atoms with Crippen LogP contribution in [0.3, 0.4) is 0 Å². The highest BCUT2D eigenvalue weighted by Crippen LogP contribution is 2.38. The lowest BCUT2D eigenvalue weighted by molar-refractivity contribution is 0.394. The second-order valence-electron chi connectivity index (χ2n) is 5.62. The third kappa shape index (κ3) is 3.26. The van der Waals surface area contributed by atoms with Gasteiger partial charge in [-0.1, -0.05) is 35.3 Å². The van der Waals surface area contributed by atoms with Crippen LogP contribution in [-0.2, 0) is 10.0 Å². The summed E-state index contributed by atoms with van der Waals surface area (Å²) in [5.74, 6) is 0.746. The van der Waals surface area contributed by atoms with E-state index in [1.807, 2.05) is 24.3 Å². The molecule has 0 saturated carbocycles. The minimum Gasteiger partial charge on any atom is -0.497 e. The van der Waals surface area contributed by atoms with Gasteiger partial charge in [-0.15, -0.1) is 0 Å². The van der Waals surface area contributed by atoms with Gasteiger partial charge in [-0.25, -0.2) is 8.42 Å². The van der Waals surface area contributed by atoms with Crippen LogP contribution in [0, 0.1) is 0 Å². The molecule has 1 saturated heterocycles. The summed E-state index contributed by atoms with van der Waals surface area (Å²) in [7, 11) is -2.03. The minimum absolute atomic E-state index is 0.164. The smallest absolute Gasteiger partial charge is 0.243 e.